The standard InChI is InChI=1S/C12H20ClNO2/c1-16-11(15)12(6-3-7-13)8-9-4-2-5-10(9)14-12/h9-10,14H,2-8H2,1H3/t9-,10-,12+/m0/s1. The van der Waals surface area contributed by atoms with Crippen LogP contribution in [-0.4, -0.2) is 30.5 Å². The number of carbonyl (C=O) groups excluding carboxylic acids is 1. The van der Waals surface area contributed by atoms with Gasteiger partial charge in [-0.25, -0.2) is 0 Å². The van der Waals surface area contributed by atoms with Crippen LogP contribution in [0.5, 0.6) is 0 Å². The Hall–Kier alpha value is -0.280. The lowest BCUT2D eigenvalue weighted by atomic mass is 9.87. The Labute approximate surface area is 102 Å². The Morgan fingerprint density at radius 1 is 1.56 bits per heavy atom. The number of esters is 1. The molecule has 1 aliphatic carbocycles. The number of nitrogens with one attached hydrogen (secondary N) is 1. The molecule has 0 radical (unpaired) electrons. The van der Waals surface area contributed by atoms with Gasteiger partial charge in [0.1, 0.15) is 5.54 Å². The highest BCUT2D eigenvalue weighted by Gasteiger charge is 2.51. The molecule has 92 valence electrons. The van der Waals surface area contributed by atoms with Crippen LogP contribution in [0, 0.1) is 5.92 Å². The third kappa shape index (κ3) is 2.07. The summed E-state index contributed by atoms with van der Waals surface area (Å²) in [6.45, 7) is 0. The molecule has 1 heterocycles. The van der Waals surface area contributed by atoms with Crippen molar-refractivity contribution in [2.75, 3.05) is 13.0 Å². The molecular formula is C12H20ClNO2. The van der Waals surface area contributed by atoms with E-state index in [9.17, 15) is 4.79 Å². The van der Waals surface area contributed by atoms with E-state index < -0.39 is 5.54 Å². The van der Waals surface area contributed by atoms with Gasteiger partial charge in [-0.3, -0.25) is 10.1 Å². The predicted molar refractivity (Wildman–Crippen MR) is 63.6 cm³/mol. The summed E-state index contributed by atoms with van der Waals surface area (Å²) >= 11 is 5.73. The van der Waals surface area contributed by atoms with Gasteiger partial charge >= 0.3 is 5.97 Å². The molecule has 0 unspecified atom stereocenters. The number of fused-ring (bicyclic) bond motifs is 1. The number of ether oxygens (including phenoxy) is 1. The van der Waals surface area contributed by atoms with E-state index in [4.69, 9.17) is 16.3 Å². The smallest absolute Gasteiger partial charge is 0.326 e. The summed E-state index contributed by atoms with van der Waals surface area (Å²) in [6, 6.07) is 0.523. The van der Waals surface area contributed by atoms with Gasteiger partial charge in [-0.1, -0.05) is 6.42 Å². The van der Waals surface area contributed by atoms with Crippen LogP contribution in [0.3, 0.4) is 0 Å². The fourth-order valence-electron chi connectivity index (χ4n) is 3.32. The molecule has 2 aliphatic rings. The molecule has 3 atom stereocenters. The fraction of sp³-hybridized carbons (Fsp3) is 0.917. The molecule has 0 aromatic carbocycles. The average molecular weight is 246 g/mol. The van der Waals surface area contributed by atoms with Crippen molar-refractivity contribution in [2.24, 2.45) is 5.92 Å². The fourth-order valence-corrected chi connectivity index (χ4v) is 3.45. The van der Waals surface area contributed by atoms with E-state index in [1.807, 2.05) is 0 Å². The number of hydrogen-bond acceptors (Lipinski definition) is 3. The number of alkyl halides is 1. The van der Waals surface area contributed by atoms with Crippen molar-refractivity contribution in [3.8, 4) is 0 Å². The number of rotatable bonds is 4. The van der Waals surface area contributed by atoms with E-state index in [1.54, 1.807) is 0 Å². The zero-order valence-electron chi connectivity index (χ0n) is 9.80. The summed E-state index contributed by atoms with van der Waals surface area (Å²) in [6.07, 6.45) is 6.33. The van der Waals surface area contributed by atoms with Crippen molar-refractivity contribution in [3.05, 3.63) is 0 Å². The second-order valence-electron chi connectivity index (χ2n) is 5.01. The van der Waals surface area contributed by atoms with Crippen LogP contribution >= 0.6 is 11.6 Å². The molecular weight excluding hydrogens is 226 g/mol. The van der Waals surface area contributed by atoms with Gasteiger partial charge in [0.15, 0.2) is 0 Å². The summed E-state index contributed by atoms with van der Waals surface area (Å²) < 4.78 is 4.96. The maximum absolute atomic E-state index is 11.9. The largest absolute Gasteiger partial charge is 0.468 e. The van der Waals surface area contributed by atoms with Gasteiger partial charge < -0.3 is 4.74 Å². The van der Waals surface area contributed by atoms with Gasteiger partial charge in [-0.2, -0.15) is 0 Å². The van der Waals surface area contributed by atoms with Gasteiger partial charge in [-0.05, 0) is 38.0 Å². The zero-order valence-corrected chi connectivity index (χ0v) is 10.6. The molecule has 2 fully saturated rings. The molecule has 0 aromatic heterocycles. The van der Waals surface area contributed by atoms with Crippen LogP contribution in [0.25, 0.3) is 0 Å². The highest BCUT2D eigenvalue weighted by atomic mass is 35.5. The molecule has 2 rings (SSSR count). The van der Waals surface area contributed by atoms with Crippen LogP contribution < -0.4 is 5.32 Å². The Morgan fingerprint density at radius 3 is 3.00 bits per heavy atom. The minimum Gasteiger partial charge on any atom is -0.468 e. The Bertz CT molecular complexity index is 258. The second kappa shape index (κ2) is 4.92. The highest BCUT2D eigenvalue weighted by Crippen LogP contribution is 2.41. The maximum atomic E-state index is 11.9. The van der Waals surface area contributed by atoms with Crippen LogP contribution in [-0.2, 0) is 9.53 Å². The van der Waals surface area contributed by atoms with Crippen molar-refractivity contribution < 1.29 is 9.53 Å². The summed E-state index contributed by atoms with van der Waals surface area (Å²) in [5.74, 6) is 1.16. The van der Waals surface area contributed by atoms with Crippen molar-refractivity contribution >= 4 is 17.6 Å². The van der Waals surface area contributed by atoms with E-state index in [-0.39, 0.29) is 5.97 Å². The molecule has 1 saturated heterocycles. The lowest BCUT2D eigenvalue weighted by molar-refractivity contribution is -0.148. The maximum Gasteiger partial charge on any atom is 0.326 e. The summed E-state index contributed by atoms with van der Waals surface area (Å²) in [4.78, 5) is 11.9. The molecule has 0 spiro atoms. The second-order valence-corrected chi connectivity index (χ2v) is 5.39. The van der Waals surface area contributed by atoms with E-state index in [0.29, 0.717) is 17.8 Å². The first-order valence-electron chi connectivity index (χ1n) is 6.14. The number of halogens is 1. The number of methoxy groups -OCH3 is 1. The summed E-state index contributed by atoms with van der Waals surface area (Å²) in [7, 11) is 1.47. The monoisotopic (exact) mass is 245 g/mol. The van der Waals surface area contributed by atoms with E-state index in [2.05, 4.69) is 5.32 Å². The first kappa shape index (κ1) is 12.2. The zero-order chi connectivity index (χ0) is 11.6. The average Bonchev–Trinajstić information content (AvgIpc) is 2.84. The van der Waals surface area contributed by atoms with E-state index in [1.165, 1.54) is 26.4 Å². The number of carbonyl (C=O) groups is 1. The summed E-state index contributed by atoms with van der Waals surface area (Å²) in [5, 5.41) is 3.52. The Balaban J connectivity index is 2.07. The molecule has 0 aromatic rings. The van der Waals surface area contributed by atoms with Gasteiger partial charge in [0.05, 0.1) is 7.11 Å². The molecule has 0 bridgehead atoms. The first-order valence-corrected chi connectivity index (χ1v) is 6.67. The molecule has 4 heteroatoms. The van der Waals surface area contributed by atoms with Crippen LogP contribution in [0.1, 0.15) is 38.5 Å². The van der Waals surface area contributed by atoms with Gasteiger partial charge in [0, 0.05) is 11.9 Å². The normalized spacial score (nSPS) is 37.4. The van der Waals surface area contributed by atoms with Gasteiger partial charge in [0.25, 0.3) is 0 Å². The van der Waals surface area contributed by atoms with Crippen molar-refractivity contribution in [3.63, 3.8) is 0 Å². The van der Waals surface area contributed by atoms with E-state index >= 15 is 0 Å². The van der Waals surface area contributed by atoms with Crippen molar-refractivity contribution in [1.82, 2.24) is 5.32 Å². The van der Waals surface area contributed by atoms with E-state index in [0.717, 1.165) is 19.3 Å². The van der Waals surface area contributed by atoms with Crippen LogP contribution in [0.15, 0.2) is 0 Å². The molecule has 16 heavy (non-hydrogen) atoms. The molecule has 0 amide bonds. The highest BCUT2D eigenvalue weighted by molar-refractivity contribution is 6.17. The van der Waals surface area contributed by atoms with Crippen LogP contribution in [0.4, 0.5) is 0 Å². The predicted octanol–water partition coefficient (Wildman–Crippen LogP) is 2.08. The van der Waals surface area contributed by atoms with Gasteiger partial charge in [-0.15, -0.1) is 11.6 Å². The first-order chi connectivity index (χ1) is 7.72. The molecule has 1 saturated carbocycles. The lowest BCUT2D eigenvalue weighted by Gasteiger charge is -2.27. The van der Waals surface area contributed by atoms with Crippen molar-refractivity contribution in [1.29, 1.82) is 0 Å². The van der Waals surface area contributed by atoms with Gasteiger partial charge in [0.2, 0.25) is 0 Å². The third-order valence-electron chi connectivity index (χ3n) is 4.04. The molecule has 3 nitrogen and oxygen atoms in total. The Kier molecular flexibility index (Phi) is 3.75. The third-order valence-corrected chi connectivity index (χ3v) is 4.31. The topological polar surface area (TPSA) is 38.3 Å². The summed E-state index contributed by atoms with van der Waals surface area (Å²) in [5.41, 5.74) is -0.445. The minimum absolute atomic E-state index is 0.105. The molecule has 1 N–H and O–H groups in total. The Morgan fingerprint density at radius 2 is 2.38 bits per heavy atom. The minimum atomic E-state index is -0.445. The van der Waals surface area contributed by atoms with Crippen molar-refractivity contribution in [2.45, 2.75) is 50.1 Å². The number of hydrogen-bond donors (Lipinski definition) is 1. The lowest BCUT2D eigenvalue weighted by Crippen LogP contribution is -2.50. The van der Waals surface area contributed by atoms with Crippen LogP contribution in [0.2, 0.25) is 0 Å². The SMILES string of the molecule is COC(=O)[C@@]1(CCCCl)C[C@@H]2CCC[C@@H]2N1. The molecule has 1 aliphatic heterocycles. The quantitative estimate of drug-likeness (QED) is 0.609.